The molecule has 5 rings (SSSR count). The van der Waals surface area contributed by atoms with Crippen molar-refractivity contribution in [2.45, 2.75) is 13.5 Å². The van der Waals surface area contributed by atoms with Crippen molar-refractivity contribution in [2.24, 2.45) is 5.10 Å². The zero-order valence-corrected chi connectivity index (χ0v) is 20.9. The van der Waals surface area contributed by atoms with Crippen LogP contribution in [0.4, 0.5) is 5.69 Å². The molecule has 174 valence electrons. The van der Waals surface area contributed by atoms with Crippen LogP contribution in [0.2, 0.25) is 15.1 Å². The lowest BCUT2D eigenvalue weighted by atomic mass is 10.0. The number of anilines is 1. The Morgan fingerprint density at radius 2 is 1.69 bits per heavy atom. The summed E-state index contributed by atoms with van der Waals surface area (Å²) in [6, 6.07) is 22.3. The second-order valence-electron chi connectivity index (χ2n) is 8.07. The van der Waals surface area contributed by atoms with Gasteiger partial charge in [-0.3, -0.25) is 9.48 Å². The molecule has 0 saturated heterocycles. The summed E-state index contributed by atoms with van der Waals surface area (Å²) in [4.78, 5) is 13.3. The molecule has 4 aromatic rings. The van der Waals surface area contributed by atoms with Gasteiger partial charge in [0.1, 0.15) is 0 Å². The number of carbonyl (C=O) groups excluding carboxylic acids is 1. The van der Waals surface area contributed by atoms with E-state index in [2.05, 4.69) is 5.10 Å². The zero-order chi connectivity index (χ0) is 24.5. The predicted octanol–water partition coefficient (Wildman–Crippen LogP) is 7.36. The highest BCUT2D eigenvalue weighted by atomic mass is 35.5. The van der Waals surface area contributed by atoms with Crippen molar-refractivity contribution >= 4 is 58.2 Å². The van der Waals surface area contributed by atoms with Crippen LogP contribution in [0.15, 0.2) is 89.7 Å². The molecule has 2 heterocycles. The second kappa shape index (κ2) is 9.70. The van der Waals surface area contributed by atoms with Gasteiger partial charge in [-0.05, 0) is 48.9 Å². The van der Waals surface area contributed by atoms with E-state index in [0.717, 1.165) is 22.4 Å². The Hall–Kier alpha value is -3.38. The number of hydrogen-bond acceptors (Lipinski definition) is 3. The fourth-order valence-corrected chi connectivity index (χ4v) is 4.54. The summed E-state index contributed by atoms with van der Waals surface area (Å²) in [6.45, 7) is 2.27. The number of hydrogen-bond donors (Lipinski definition) is 0. The number of carbonyl (C=O) groups is 1. The third-order valence-electron chi connectivity index (χ3n) is 5.60. The number of halogens is 3. The van der Waals surface area contributed by atoms with Gasteiger partial charge in [0.25, 0.3) is 5.91 Å². The van der Waals surface area contributed by atoms with Gasteiger partial charge < -0.3 is 0 Å². The summed E-state index contributed by atoms with van der Waals surface area (Å²) in [5.41, 5.74) is 5.10. The Morgan fingerprint density at radius 1 is 0.914 bits per heavy atom. The highest BCUT2D eigenvalue weighted by molar-refractivity contribution is 6.35. The van der Waals surface area contributed by atoms with Crippen molar-refractivity contribution in [3.63, 3.8) is 0 Å². The Balaban J connectivity index is 1.54. The molecule has 35 heavy (non-hydrogen) atoms. The lowest BCUT2D eigenvalue weighted by molar-refractivity contribution is -0.114. The van der Waals surface area contributed by atoms with Gasteiger partial charge in [-0.15, -0.1) is 0 Å². The van der Waals surface area contributed by atoms with Crippen molar-refractivity contribution in [3.05, 3.63) is 111 Å². The van der Waals surface area contributed by atoms with Gasteiger partial charge in [0, 0.05) is 32.4 Å². The molecule has 0 radical (unpaired) electrons. The molecule has 0 bridgehead atoms. The average molecular weight is 522 g/mol. The summed E-state index contributed by atoms with van der Waals surface area (Å²) in [5.74, 6) is -0.225. The van der Waals surface area contributed by atoms with Crippen LogP contribution in [0.3, 0.4) is 0 Å². The molecule has 1 amide bonds. The van der Waals surface area contributed by atoms with Crippen LogP contribution in [0.5, 0.6) is 0 Å². The van der Waals surface area contributed by atoms with Crippen LogP contribution in [0.25, 0.3) is 17.3 Å². The third kappa shape index (κ3) is 4.89. The maximum absolute atomic E-state index is 13.3. The molecule has 0 N–H and O–H groups in total. The van der Waals surface area contributed by atoms with E-state index in [0.29, 0.717) is 38.6 Å². The minimum atomic E-state index is -0.225. The molecule has 0 saturated carbocycles. The third-order valence-corrected chi connectivity index (χ3v) is 6.42. The molecule has 1 aromatic heterocycles. The summed E-state index contributed by atoms with van der Waals surface area (Å²) >= 11 is 18.6. The largest absolute Gasteiger partial charge is 0.280 e. The van der Waals surface area contributed by atoms with Crippen molar-refractivity contribution in [1.29, 1.82) is 0 Å². The van der Waals surface area contributed by atoms with Gasteiger partial charge in [-0.1, -0.05) is 77.3 Å². The fourth-order valence-electron chi connectivity index (χ4n) is 3.89. The first-order chi connectivity index (χ1) is 16.9. The van der Waals surface area contributed by atoms with Gasteiger partial charge in [0.15, 0.2) is 0 Å². The first-order valence-electron chi connectivity index (χ1n) is 10.8. The van der Waals surface area contributed by atoms with Crippen LogP contribution in [0.1, 0.15) is 18.1 Å². The van der Waals surface area contributed by atoms with Crippen molar-refractivity contribution in [1.82, 2.24) is 9.78 Å². The highest BCUT2D eigenvalue weighted by Gasteiger charge is 2.29. The SMILES string of the molecule is CC1=NN(c2cccc(Cl)c2)C(=O)/C1=C\c1cn(Cc2ccc(Cl)cc2Cl)nc1-c1ccccc1. The summed E-state index contributed by atoms with van der Waals surface area (Å²) in [6.07, 6.45) is 3.74. The van der Waals surface area contributed by atoms with Crippen molar-refractivity contribution in [2.75, 3.05) is 5.01 Å². The van der Waals surface area contributed by atoms with Gasteiger partial charge in [0.2, 0.25) is 0 Å². The first kappa shape index (κ1) is 23.4. The maximum Gasteiger partial charge on any atom is 0.280 e. The van der Waals surface area contributed by atoms with Crippen LogP contribution in [-0.2, 0) is 11.3 Å². The molecule has 0 fully saturated rings. The standard InChI is InChI=1S/C27H19Cl3N4O/c1-17-24(27(35)34(31-17)23-9-5-8-21(28)13-23)12-20-16-33(15-19-10-11-22(29)14-25(19)30)32-26(20)18-6-3-2-4-7-18/h2-14,16H,15H2,1H3/b24-12-. The van der Waals surface area contributed by atoms with E-state index in [1.54, 1.807) is 36.4 Å². The number of nitrogens with zero attached hydrogens (tertiary/aromatic N) is 4. The molecular weight excluding hydrogens is 503 g/mol. The maximum atomic E-state index is 13.3. The number of amides is 1. The topological polar surface area (TPSA) is 50.5 Å². The van der Waals surface area contributed by atoms with Crippen LogP contribution < -0.4 is 5.01 Å². The lowest BCUT2D eigenvalue weighted by Crippen LogP contribution is -2.21. The van der Waals surface area contributed by atoms with Crippen molar-refractivity contribution in [3.8, 4) is 11.3 Å². The summed E-state index contributed by atoms with van der Waals surface area (Å²) in [7, 11) is 0. The molecule has 1 aliphatic rings. The van der Waals surface area contributed by atoms with Crippen LogP contribution in [-0.4, -0.2) is 21.4 Å². The average Bonchev–Trinajstić information content (AvgIpc) is 3.37. The number of aromatic nitrogens is 2. The number of benzene rings is 3. The molecule has 0 spiro atoms. The minimum Gasteiger partial charge on any atom is -0.267 e. The molecule has 5 nitrogen and oxygen atoms in total. The van der Waals surface area contributed by atoms with E-state index in [4.69, 9.17) is 39.9 Å². The van der Waals surface area contributed by atoms with E-state index in [1.165, 1.54) is 5.01 Å². The first-order valence-corrected chi connectivity index (χ1v) is 12.0. The van der Waals surface area contributed by atoms with Crippen LogP contribution in [0, 0.1) is 0 Å². The van der Waals surface area contributed by atoms with Gasteiger partial charge in [0.05, 0.1) is 29.2 Å². The lowest BCUT2D eigenvalue weighted by Gasteiger charge is -2.11. The van der Waals surface area contributed by atoms with E-state index < -0.39 is 0 Å². The monoisotopic (exact) mass is 520 g/mol. The quantitative estimate of drug-likeness (QED) is 0.258. The molecule has 0 atom stereocenters. The molecule has 3 aromatic carbocycles. The van der Waals surface area contributed by atoms with E-state index in [-0.39, 0.29) is 5.91 Å². The summed E-state index contributed by atoms with van der Waals surface area (Å²) < 4.78 is 1.81. The van der Waals surface area contributed by atoms with Crippen LogP contribution >= 0.6 is 34.8 Å². The van der Waals surface area contributed by atoms with E-state index >= 15 is 0 Å². The molecule has 0 aliphatic carbocycles. The Labute approximate surface area is 217 Å². The van der Waals surface area contributed by atoms with Gasteiger partial charge >= 0.3 is 0 Å². The normalized spacial score (nSPS) is 14.6. The van der Waals surface area contributed by atoms with Gasteiger partial charge in [-0.25, -0.2) is 0 Å². The van der Waals surface area contributed by atoms with Crippen molar-refractivity contribution < 1.29 is 4.79 Å². The molecule has 0 unspecified atom stereocenters. The highest BCUT2D eigenvalue weighted by Crippen LogP contribution is 2.30. The van der Waals surface area contributed by atoms with E-state index in [1.807, 2.05) is 60.3 Å². The zero-order valence-electron chi connectivity index (χ0n) is 18.6. The predicted molar refractivity (Wildman–Crippen MR) is 143 cm³/mol. The Morgan fingerprint density at radius 3 is 2.43 bits per heavy atom. The molecule has 1 aliphatic heterocycles. The number of rotatable bonds is 5. The molecule has 8 heteroatoms. The Kier molecular flexibility index (Phi) is 6.48. The molecular formula is C27H19Cl3N4O. The second-order valence-corrected chi connectivity index (χ2v) is 9.35. The fraction of sp³-hybridized carbons (Fsp3) is 0.0741. The Bertz CT molecular complexity index is 1490. The number of hydrazone groups is 1. The summed E-state index contributed by atoms with van der Waals surface area (Å²) in [5, 5.41) is 12.3. The smallest absolute Gasteiger partial charge is 0.267 e. The van der Waals surface area contributed by atoms with Gasteiger partial charge in [-0.2, -0.15) is 15.2 Å². The minimum absolute atomic E-state index is 0.225. The van der Waals surface area contributed by atoms with E-state index in [9.17, 15) is 4.79 Å².